The standard InChI is InChI=1S/C35H49N3O9/c1-20-26(30(41)45-33(3,4)5)23(27(21(2)36-20)31(42)46-34(6,7)8)19-24(38-32(43)47-35(9,10)11)28(39)37-25(29(40)44-12)18-22-16-14-13-15-17-22/h13-17,24-25H,18-19H2,1-12H3,(H,37,39)(H,38,43)/t24-,25-/m0/s1. The van der Waals surface area contributed by atoms with Crippen LogP contribution in [0.5, 0.6) is 0 Å². The first kappa shape index (κ1) is 38.7. The van der Waals surface area contributed by atoms with Gasteiger partial charge >= 0.3 is 24.0 Å². The van der Waals surface area contributed by atoms with E-state index in [4.69, 9.17) is 18.9 Å². The number of methoxy groups -OCH3 is 1. The molecule has 0 aliphatic heterocycles. The second-order valence-corrected chi connectivity index (χ2v) is 14.2. The van der Waals surface area contributed by atoms with Gasteiger partial charge in [0.1, 0.15) is 28.9 Å². The van der Waals surface area contributed by atoms with Crippen molar-refractivity contribution in [3.63, 3.8) is 0 Å². The van der Waals surface area contributed by atoms with Crippen molar-refractivity contribution in [2.24, 2.45) is 0 Å². The predicted octanol–water partition coefficient (Wildman–Crippen LogP) is 4.95. The molecule has 0 saturated carbocycles. The number of amides is 2. The van der Waals surface area contributed by atoms with Crippen LogP contribution in [0.25, 0.3) is 0 Å². The summed E-state index contributed by atoms with van der Waals surface area (Å²) in [5.74, 6) is -3.07. The van der Waals surface area contributed by atoms with E-state index >= 15 is 0 Å². The van der Waals surface area contributed by atoms with Crippen LogP contribution in [-0.4, -0.2) is 70.9 Å². The summed E-state index contributed by atoms with van der Waals surface area (Å²) in [6, 6.07) is 6.42. The van der Waals surface area contributed by atoms with Gasteiger partial charge in [-0.05, 0) is 87.3 Å². The van der Waals surface area contributed by atoms with Gasteiger partial charge in [-0.2, -0.15) is 0 Å². The van der Waals surface area contributed by atoms with Crippen molar-refractivity contribution in [3.8, 4) is 0 Å². The number of carbonyl (C=O) groups excluding carboxylic acids is 5. The van der Waals surface area contributed by atoms with Gasteiger partial charge in [-0.1, -0.05) is 30.3 Å². The molecule has 1 aromatic heterocycles. The van der Waals surface area contributed by atoms with E-state index in [1.807, 2.05) is 6.07 Å². The summed E-state index contributed by atoms with van der Waals surface area (Å²) in [4.78, 5) is 71.7. The van der Waals surface area contributed by atoms with Gasteiger partial charge in [-0.3, -0.25) is 9.78 Å². The molecule has 2 rings (SSSR count). The van der Waals surface area contributed by atoms with Gasteiger partial charge in [0.05, 0.1) is 29.6 Å². The lowest BCUT2D eigenvalue weighted by molar-refractivity contribution is -0.145. The van der Waals surface area contributed by atoms with Crippen molar-refractivity contribution in [3.05, 3.63) is 64.0 Å². The quantitative estimate of drug-likeness (QED) is 0.265. The fourth-order valence-electron chi connectivity index (χ4n) is 4.65. The number of hydrogen-bond donors (Lipinski definition) is 2. The summed E-state index contributed by atoms with van der Waals surface area (Å²) >= 11 is 0. The first-order valence-electron chi connectivity index (χ1n) is 15.4. The minimum atomic E-state index is -1.45. The zero-order chi connectivity index (χ0) is 35.9. The van der Waals surface area contributed by atoms with E-state index < -0.39 is 65.2 Å². The molecule has 2 atom stereocenters. The Morgan fingerprint density at radius 1 is 0.681 bits per heavy atom. The van der Waals surface area contributed by atoms with Gasteiger partial charge in [0.15, 0.2) is 0 Å². The highest BCUT2D eigenvalue weighted by Crippen LogP contribution is 2.27. The Morgan fingerprint density at radius 2 is 1.15 bits per heavy atom. The molecule has 0 fully saturated rings. The van der Waals surface area contributed by atoms with E-state index in [1.54, 1.807) is 100 Å². The Morgan fingerprint density at radius 3 is 1.57 bits per heavy atom. The molecule has 12 nitrogen and oxygen atoms in total. The Bertz CT molecular complexity index is 1410. The summed E-state index contributed by atoms with van der Waals surface area (Å²) in [6.07, 6.45) is -1.23. The van der Waals surface area contributed by atoms with Crippen molar-refractivity contribution in [2.75, 3.05) is 7.11 Å². The molecule has 1 aromatic carbocycles. The molecule has 0 aliphatic rings. The lowest BCUT2D eigenvalue weighted by atomic mass is 9.92. The highest BCUT2D eigenvalue weighted by Gasteiger charge is 2.35. The molecule has 0 aliphatic carbocycles. The Hall–Kier alpha value is -4.48. The van der Waals surface area contributed by atoms with Gasteiger partial charge in [0, 0.05) is 12.8 Å². The number of benzene rings is 1. The molecule has 2 amide bonds. The topological polar surface area (TPSA) is 159 Å². The molecule has 0 unspecified atom stereocenters. The van der Waals surface area contributed by atoms with E-state index in [0.717, 1.165) is 5.56 Å². The van der Waals surface area contributed by atoms with Crippen LogP contribution in [0, 0.1) is 13.8 Å². The fraction of sp³-hybridized carbons (Fsp3) is 0.543. The van der Waals surface area contributed by atoms with Crippen LogP contribution < -0.4 is 10.6 Å². The molecule has 47 heavy (non-hydrogen) atoms. The number of aryl methyl sites for hydroxylation is 2. The summed E-state index contributed by atoms with van der Waals surface area (Å²) in [7, 11) is 1.20. The number of pyridine rings is 1. The van der Waals surface area contributed by atoms with Gasteiger partial charge < -0.3 is 29.6 Å². The van der Waals surface area contributed by atoms with Crippen LogP contribution >= 0.6 is 0 Å². The van der Waals surface area contributed by atoms with E-state index in [2.05, 4.69) is 15.6 Å². The van der Waals surface area contributed by atoms with Gasteiger partial charge in [-0.25, -0.2) is 19.2 Å². The van der Waals surface area contributed by atoms with Crippen LogP contribution in [0.4, 0.5) is 4.79 Å². The van der Waals surface area contributed by atoms with E-state index in [-0.39, 0.29) is 34.5 Å². The Kier molecular flexibility index (Phi) is 12.7. The van der Waals surface area contributed by atoms with Gasteiger partial charge in [-0.15, -0.1) is 0 Å². The number of carbonyl (C=O) groups is 5. The average Bonchev–Trinajstić information content (AvgIpc) is 2.89. The molecular formula is C35H49N3O9. The minimum Gasteiger partial charge on any atom is -0.467 e. The summed E-state index contributed by atoms with van der Waals surface area (Å²) in [5, 5.41) is 5.24. The van der Waals surface area contributed by atoms with Crippen molar-refractivity contribution in [1.82, 2.24) is 15.6 Å². The molecule has 1 heterocycles. The van der Waals surface area contributed by atoms with E-state index in [1.165, 1.54) is 7.11 Å². The van der Waals surface area contributed by atoms with Crippen molar-refractivity contribution in [2.45, 2.75) is 118 Å². The second-order valence-electron chi connectivity index (χ2n) is 14.2. The molecule has 0 spiro atoms. The number of nitrogens with zero attached hydrogens (tertiary/aromatic N) is 1. The first-order valence-corrected chi connectivity index (χ1v) is 15.4. The molecular weight excluding hydrogens is 606 g/mol. The van der Waals surface area contributed by atoms with Crippen LogP contribution in [0.15, 0.2) is 30.3 Å². The number of nitrogens with one attached hydrogen (secondary N) is 2. The number of ether oxygens (including phenoxy) is 4. The monoisotopic (exact) mass is 655 g/mol. The van der Waals surface area contributed by atoms with Gasteiger partial charge in [0.2, 0.25) is 5.91 Å². The molecule has 0 saturated heterocycles. The molecule has 2 N–H and O–H groups in total. The number of alkyl carbamates (subject to hydrolysis) is 1. The van der Waals surface area contributed by atoms with E-state index in [0.29, 0.717) is 0 Å². The number of aromatic nitrogens is 1. The zero-order valence-electron chi connectivity index (χ0n) is 29.6. The fourth-order valence-corrected chi connectivity index (χ4v) is 4.65. The number of hydrogen-bond acceptors (Lipinski definition) is 10. The van der Waals surface area contributed by atoms with E-state index in [9.17, 15) is 24.0 Å². The number of rotatable bonds is 10. The second kappa shape index (κ2) is 15.4. The van der Waals surface area contributed by atoms with Crippen LogP contribution in [0.1, 0.15) is 106 Å². The molecule has 0 radical (unpaired) electrons. The third-order valence-corrected chi connectivity index (χ3v) is 6.37. The molecule has 12 heteroatoms. The third-order valence-electron chi connectivity index (χ3n) is 6.37. The van der Waals surface area contributed by atoms with Crippen LogP contribution in [0.3, 0.4) is 0 Å². The van der Waals surface area contributed by atoms with Crippen LogP contribution in [-0.2, 0) is 41.4 Å². The van der Waals surface area contributed by atoms with Crippen LogP contribution in [0.2, 0.25) is 0 Å². The third kappa shape index (κ3) is 12.3. The zero-order valence-corrected chi connectivity index (χ0v) is 29.6. The van der Waals surface area contributed by atoms with Crippen molar-refractivity contribution >= 4 is 29.9 Å². The van der Waals surface area contributed by atoms with Crippen molar-refractivity contribution < 1.29 is 42.9 Å². The molecule has 0 bridgehead atoms. The maximum Gasteiger partial charge on any atom is 0.408 e. The minimum absolute atomic E-state index is 0.0519. The van der Waals surface area contributed by atoms with Crippen molar-refractivity contribution in [1.29, 1.82) is 0 Å². The largest absolute Gasteiger partial charge is 0.467 e. The highest BCUT2D eigenvalue weighted by atomic mass is 16.6. The Balaban J connectivity index is 2.75. The maximum atomic E-state index is 14.0. The Labute approximate surface area is 277 Å². The normalized spacial score (nSPS) is 13.1. The predicted molar refractivity (Wildman–Crippen MR) is 175 cm³/mol. The average molecular weight is 656 g/mol. The first-order chi connectivity index (χ1) is 21.5. The summed E-state index contributed by atoms with van der Waals surface area (Å²) < 4.78 is 21.8. The highest BCUT2D eigenvalue weighted by molar-refractivity contribution is 6.00. The smallest absolute Gasteiger partial charge is 0.408 e. The lowest BCUT2D eigenvalue weighted by Crippen LogP contribution is -2.54. The summed E-state index contributed by atoms with van der Waals surface area (Å²) in [5.41, 5.74) is -1.53. The molecule has 258 valence electrons. The lowest BCUT2D eigenvalue weighted by Gasteiger charge is -2.28. The molecule has 2 aromatic rings. The number of esters is 3. The summed E-state index contributed by atoms with van der Waals surface area (Å²) in [6.45, 7) is 18.3. The maximum absolute atomic E-state index is 14.0. The SMILES string of the molecule is COC(=O)[C@H](Cc1ccccc1)NC(=O)[C@H](Cc1c(C(=O)OC(C)(C)C)c(C)nc(C)c1C(=O)OC(C)(C)C)NC(=O)OC(C)(C)C. The van der Waals surface area contributed by atoms with Gasteiger partial charge in [0.25, 0.3) is 0 Å².